The molecule has 0 fully saturated rings. The summed E-state index contributed by atoms with van der Waals surface area (Å²) in [7, 11) is 0. The Morgan fingerprint density at radius 3 is 2.93 bits per heavy atom. The number of nitrogens with one attached hydrogen (secondary N) is 1. The van der Waals surface area contributed by atoms with Gasteiger partial charge in [-0.3, -0.25) is 15.7 Å². The number of nitrogens with zero attached hydrogens (tertiary/aromatic N) is 1. The van der Waals surface area contributed by atoms with Crippen LogP contribution < -0.4 is 5.48 Å². The zero-order valence-electron chi connectivity index (χ0n) is 7.65. The van der Waals surface area contributed by atoms with Gasteiger partial charge in [0.05, 0.1) is 5.69 Å². The molecule has 0 aliphatic heterocycles. The lowest BCUT2D eigenvalue weighted by Gasteiger charge is -2.08. The van der Waals surface area contributed by atoms with Gasteiger partial charge in [0, 0.05) is 11.6 Å². The van der Waals surface area contributed by atoms with Gasteiger partial charge in [-0.1, -0.05) is 0 Å². The molecule has 14 heavy (non-hydrogen) atoms. The van der Waals surface area contributed by atoms with E-state index < -0.39 is 0 Å². The van der Waals surface area contributed by atoms with Crippen LogP contribution in [-0.2, 0) is 0 Å². The van der Waals surface area contributed by atoms with Gasteiger partial charge >= 0.3 is 0 Å². The van der Waals surface area contributed by atoms with Gasteiger partial charge in [-0.25, -0.2) is 0 Å². The molecule has 0 saturated heterocycles. The van der Waals surface area contributed by atoms with E-state index in [9.17, 15) is 5.11 Å². The van der Waals surface area contributed by atoms with Gasteiger partial charge in [0.2, 0.25) is 0 Å². The van der Waals surface area contributed by atoms with E-state index in [4.69, 9.17) is 5.21 Å². The summed E-state index contributed by atoms with van der Waals surface area (Å²) in [6.45, 7) is 1.75. The Kier molecular flexibility index (Phi) is 1.98. The summed E-state index contributed by atoms with van der Waals surface area (Å²) in [5, 5.41) is 19.3. The number of fused-ring (bicyclic) bond motifs is 1. The first-order valence-electron chi connectivity index (χ1n) is 4.21. The number of anilines is 1. The molecule has 0 unspecified atom stereocenters. The predicted molar refractivity (Wildman–Crippen MR) is 53.6 cm³/mol. The van der Waals surface area contributed by atoms with Crippen molar-refractivity contribution in [3.8, 4) is 5.75 Å². The molecule has 0 atom stereocenters. The first-order chi connectivity index (χ1) is 6.74. The molecule has 0 aliphatic carbocycles. The molecule has 0 radical (unpaired) electrons. The molecule has 4 nitrogen and oxygen atoms in total. The van der Waals surface area contributed by atoms with Gasteiger partial charge in [-0.15, -0.1) is 0 Å². The minimum atomic E-state index is 0.152. The molecule has 0 bridgehead atoms. The first-order valence-corrected chi connectivity index (χ1v) is 4.21. The summed E-state index contributed by atoms with van der Waals surface area (Å²) in [5.74, 6) is 0.152. The average Bonchev–Trinajstić information content (AvgIpc) is 2.23. The summed E-state index contributed by atoms with van der Waals surface area (Å²) < 4.78 is 0. The smallest absolute Gasteiger partial charge is 0.144 e. The zero-order valence-corrected chi connectivity index (χ0v) is 7.65. The topological polar surface area (TPSA) is 65.4 Å². The predicted octanol–water partition coefficient (Wildman–Crippen LogP) is 2.05. The van der Waals surface area contributed by atoms with E-state index in [-0.39, 0.29) is 5.75 Å². The zero-order chi connectivity index (χ0) is 10.1. The second kappa shape index (κ2) is 3.16. The third kappa shape index (κ3) is 1.16. The fourth-order valence-corrected chi connectivity index (χ4v) is 1.45. The Bertz CT molecular complexity index is 483. The second-order valence-corrected chi connectivity index (χ2v) is 3.10. The first kappa shape index (κ1) is 8.77. The van der Waals surface area contributed by atoms with Crippen molar-refractivity contribution in [1.29, 1.82) is 0 Å². The largest absolute Gasteiger partial charge is 0.505 e. The number of phenolic OH excluding ortho intramolecular Hbond substituents is 1. The number of pyridine rings is 1. The standard InChI is InChI=1S/C10H10N2O2/c1-6-5-8(12-14)7-3-2-4-11-9(7)10(6)13/h2-5,12-14H,1H3. The summed E-state index contributed by atoms with van der Waals surface area (Å²) >= 11 is 0. The Balaban J connectivity index is 2.89. The minimum absolute atomic E-state index is 0.152. The van der Waals surface area contributed by atoms with Crippen molar-refractivity contribution in [2.45, 2.75) is 6.92 Å². The van der Waals surface area contributed by atoms with E-state index in [1.165, 1.54) is 0 Å². The monoisotopic (exact) mass is 190 g/mol. The molecular formula is C10H10N2O2. The van der Waals surface area contributed by atoms with Crippen molar-refractivity contribution < 1.29 is 10.3 Å². The highest BCUT2D eigenvalue weighted by Gasteiger charge is 2.08. The van der Waals surface area contributed by atoms with E-state index in [2.05, 4.69) is 10.5 Å². The number of aromatic hydroxyl groups is 1. The lowest BCUT2D eigenvalue weighted by molar-refractivity contribution is 0.389. The highest BCUT2D eigenvalue weighted by atomic mass is 16.5. The van der Waals surface area contributed by atoms with E-state index >= 15 is 0 Å². The van der Waals surface area contributed by atoms with Crippen LogP contribution in [-0.4, -0.2) is 15.3 Å². The van der Waals surface area contributed by atoms with Crippen LogP contribution in [0.15, 0.2) is 24.4 Å². The second-order valence-electron chi connectivity index (χ2n) is 3.10. The van der Waals surface area contributed by atoms with Crippen molar-refractivity contribution >= 4 is 16.6 Å². The van der Waals surface area contributed by atoms with Crippen LogP contribution >= 0.6 is 0 Å². The number of hydrogen-bond donors (Lipinski definition) is 3. The SMILES string of the molecule is Cc1cc(NO)c2cccnc2c1O. The van der Waals surface area contributed by atoms with Crippen LogP contribution in [0.4, 0.5) is 5.69 Å². The maximum Gasteiger partial charge on any atom is 0.144 e. The lowest BCUT2D eigenvalue weighted by Crippen LogP contribution is -1.93. The van der Waals surface area contributed by atoms with Crippen molar-refractivity contribution in [3.63, 3.8) is 0 Å². The molecule has 0 amide bonds. The highest BCUT2D eigenvalue weighted by molar-refractivity contribution is 5.95. The summed E-state index contributed by atoms with van der Waals surface area (Å²) in [5.41, 5.74) is 3.80. The third-order valence-corrected chi connectivity index (χ3v) is 2.18. The van der Waals surface area contributed by atoms with Crippen LogP contribution in [0.3, 0.4) is 0 Å². The number of aromatic nitrogens is 1. The molecule has 72 valence electrons. The quantitative estimate of drug-likeness (QED) is 0.475. The Morgan fingerprint density at radius 1 is 1.43 bits per heavy atom. The fraction of sp³-hybridized carbons (Fsp3) is 0.100. The number of aryl methyl sites for hydroxylation is 1. The number of hydrogen-bond acceptors (Lipinski definition) is 4. The molecular weight excluding hydrogens is 180 g/mol. The molecule has 2 aromatic rings. The number of rotatable bonds is 1. The Morgan fingerprint density at radius 2 is 2.21 bits per heavy atom. The van der Waals surface area contributed by atoms with Crippen molar-refractivity contribution in [1.82, 2.24) is 4.98 Å². The molecule has 1 heterocycles. The Hall–Kier alpha value is -1.81. The maximum absolute atomic E-state index is 9.71. The van der Waals surface area contributed by atoms with E-state index in [0.717, 1.165) is 0 Å². The Labute approximate surface area is 80.8 Å². The van der Waals surface area contributed by atoms with Crippen LogP contribution in [0, 0.1) is 6.92 Å². The van der Waals surface area contributed by atoms with Crippen molar-refractivity contribution in [3.05, 3.63) is 30.0 Å². The highest BCUT2D eigenvalue weighted by Crippen LogP contribution is 2.31. The van der Waals surface area contributed by atoms with Gasteiger partial charge in [-0.2, -0.15) is 0 Å². The van der Waals surface area contributed by atoms with Crippen LogP contribution in [0.25, 0.3) is 10.9 Å². The average molecular weight is 190 g/mol. The molecule has 1 aromatic carbocycles. The maximum atomic E-state index is 9.71. The van der Waals surface area contributed by atoms with Gasteiger partial charge in [0.1, 0.15) is 11.3 Å². The van der Waals surface area contributed by atoms with Crippen LogP contribution in [0.1, 0.15) is 5.56 Å². The van der Waals surface area contributed by atoms with E-state index in [0.29, 0.717) is 22.2 Å². The molecule has 4 heteroatoms. The van der Waals surface area contributed by atoms with Gasteiger partial charge in [-0.05, 0) is 30.7 Å². The molecule has 3 N–H and O–H groups in total. The van der Waals surface area contributed by atoms with Crippen molar-refractivity contribution in [2.75, 3.05) is 5.48 Å². The third-order valence-electron chi connectivity index (χ3n) is 2.18. The molecule has 1 aromatic heterocycles. The lowest BCUT2D eigenvalue weighted by atomic mass is 10.1. The minimum Gasteiger partial charge on any atom is -0.505 e. The number of benzene rings is 1. The molecule has 0 aliphatic rings. The number of phenols is 1. The molecule has 2 rings (SSSR count). The molecule has 0 saturated carbocycles. The van der Waals surface area contributed by atoms with E-state index in [1.807, 2.05) is 0 Å². The normalized spacial score (nSPS) is 10.4. The summed E-state index contributed by atoms with van der Waals surface area (Å²) in [4.78, 5) is 4.05. The van der Waals surface area contributed by atoms with Crippen LogP contribution in [0.5, 0.6) is 5.75 Å². The van der Waals surface area contributed by atoms with Gasteiger partial charge in [0.15, 0.2) is 0 Å². The van der Waals surface area contributed by atoms with Crippen LogP contribution in [0.2, 0.25) is 0 Å². The molecule has 0 spiro atoms. The summed E-state index contributed by atoms with van der Waals surface area (Å²) in [6, 6.07) is 5.19. The van der Waals surface area contributed by atoms with Gasteiger partial charge in [0.25, 0.3) is 0 Å². The fourth-order valence-electron chi connectivity index (χ4n) is 1.45. The van der Waals surface area contributed by atoms with E-state index in [1.54, 1.807) is 31.3 Å². The van der Waals surface area contributed by atoms with Crippen molar-refractivity contribution in [2.24, 2.45) is 0 Å². The summed E-state index contributed by atoms with van der Waals surface area (Å²) in [6.07, 6.45) is 1.60. The van der Waals surface area contributed by atoms with Gasteiger partial charge < -0.3 is 5.11 Å².